The van der Waals surface area contributed by atoms with Gasteiger partial charge in [-0.1, -0.05) is 29.8 Å². The molecule has 0 fully saturated rings. The van der Waals surface area contributed by atoms with Gasteiger partial charge in [-0.25, -0.2) is 4.39 Å². The maximum Gasteiger partial charge on any atom is 0.359 e. The molecule has 92 valence electrons. The average molecular weight is 264 g/mol. The Kier molecular flexibility index (Phi) is 3.89. The standard InChI is InChI=1S/C13H11BClFO2/c1-18-13-7-4-10(8-12(13)16)14(17)9-2-5-11(15)6-3-9/h2-8,17H,1H3. The van der Waals surface area contributed by atoms with Crippen molar-refractivity contribution in [3.63, 3.8) is 0 Å². The smallest absolute Gasteiger partial charge is 0.359 e. The zero-order valence-electron chi connectivity index (χ0n) is 9.73. The van der Waals surface area contributed by atoms with Crippen molar-refractivity contribution in [3.8, 4) is 5.75 Å². The van der Waals surface area contributed by atoms with Gasteiger partial charge in [0, 0.05) is 5.02 Å². The summed E-state index contributed by atoms with van der Waals surface area (Å²) < 4.78 is 18.4. The van der Waals surface area contributed by atoms with Gasteiger partial charge in [0.05, 0.1) is 7.11 Å². The number of rotatable bonds is 3. The summed E-state index contributed by atoms with van der Waals surface area (Å²) in [5.41, 5.74) is 1.12. The fourth-order valence-electron chi connectivity index (χ4n) is 1.69. The van der Waals surface area contributed by atoms with Crippen LogP contribution in [-0.4, -0.2) is 19.0 Å². The Labute approximate surface area is 110 Å². The number of ether oxygens (including phenoxy) is 1. The summed E-state index contributed by atoms with van der Waals surface area (Å²) in [4.78, 5) is 0. The zero-order valence-corrected chi connectivity index (χ0v) is 10.5. The summed E-state index contributed by atoms with van der Waals surface area (Å²) in [7, 11) is 1.40. The molecule has 0 heterocycles. The molecule has 0 amide bonds. The lowest BCUT2D eigenvalue weighted by Gasteiger charge is -2.09. The molecule has 2 nitrogen and oxygen atoms in total. The van der Waals surface area contributed by atoms with Crippen LogP contribution < -0.4 is 15.7 Å². The predicted octanol–water partition coefficient (Wildman–Crippen LogP) is 1.59. The van der Waals surface area contributed by atoms with Gasteiger partial charge in [0.15, 0.2) is 11.6 Å². The number of methoxy groups -OCH3 is 1. The molecule has 0 aliphatic heterocycles. The number of benzene rings is 2. The van der Waals surface area contributed by atoms with E-state index in [1.807, 2.05) is 0 Å². The molecule has 2 rings (SSSR count). The van der Waals surface area contributed by atoms with E-state index in [9.17, 15) is 9.41 Å². The van der Waals surface area contributed by atoms with Gasteiger partial charge < -0.3 is 9.76 Å². The topological polar surface area (TPSA) is 29.5 Å². The molecular formula is C13H11BClFO2. The molecular weight excluding hydrogens is 253 g/mol. The van der Waals surface area contributed by atoms with Crippen LogP contribution in [0.15, 0.2) is 42.5 Å². The Morgan fingerprint density at radius 2 is 1.72 bits per heavy atom. The van der Waals surface area contributed by atoms with E-state index in [-0.39, 0.29) is 5.75 Å². The Hall–Kier alpha value is -1.52. The highest BCUT2D eigenvalue weighted by Crippen LogP contribution is 2.13. The first-order chi connectivity index (χ1) is 8.61. The normalized spacial score (nSPS) is 10.2. The Balaban J connectivity index is 2.31. The van der Waals surface area contributed by atoms with Gasteiger partial charge in [-0.2, -0.15) is 0 Å². The maximum absolute atomic E-state index is 13.5. The van der Waals surface area contributed by atoms with E-state index in [1.165, 1.54) is 19.2 Å². The van der Waals surface area contributed by atoms with Gasteiger partial charge in [-0.05, 0) is 35.2 Å². The first-order valence-electron chi connectivity index (χ1n) is 5.39. The van der Waals surface area contributed by atoms with Crippen LogP contribution in [0.3, 0.4) is 0 Å². The van der Waals surface area contributed by atoms with Crippen molar-refractivity contribution in [2.75, 3.05) is 7.11 Å². The number of hydrogen-bond donors (Lipinski definition) is 1. The quantitative estimate of drug-likeness (QED) is 0.853. The molecule has 0 spiro atoms. The SMILES string of the molecule is COc1ccc(B(O)c2ccc(Cl)cc2)cc1F. The van der Waals surface area contributed by atoms with E-state index in [0.29, 0.717) is 15.9 Å². The molecule has 0 aliphatic rings. The third-order valence-electron chi connectivity index (χ3n) is 2.68. The molecule has 0 aliphatic carbocycles. The summed E-state index contributed by atoms with van der Waals surface area (Å²) in [5.74, 6) is -0.343. The molecule has 0 bridgehead atoms. The van der Waals surface area contributed by atoms with Gasteiger partial charge in [-0.15, -0.1) is 0 Å². The molecule has 2 aromatic rings. The lowest BCUT2D eigenvalue weighted by molar-refractivity contribution is 0.387. The summed E-state index contributed by atoms with van der Waals surface area (Å²) in [5, 5.41) is 10.7. The van der Waals surface area contributed by atoms with Crippen molar-refractivity contribution in [3.05, 3.63) is 53.3 Å². The van der Waals surface area contributed by atoms with Crippen LogP contribution >= 0.6 is 11.6 Å². The molecule has 0 radical (unpaired) electrons. The highest BCUT2D eigenvalue weighted by molar-refractivity contribution is 6.78. The molecule has 0 unspecified atom stereocenters. The van der Waals surface area contributed by atoms with Gasteiger partial charge in [0.2, 0.25) is 0 Å². The Morgan fingerprint density at radius 1 is 1.11 bits per heavy atom. The molecule has 18 heavy (non-hydrogen) atoms. The Bertz CT molecular complexity index is 545. The summed E-state index contributed by atoms with van der Waals surface area (Å²) in [6.45, 7) is -0.886. The van der Waals surface area contributed by atoms with Gasteiger partial charge in [0.1, 0.15) is 0 Å². The second-order valence-electron chi connectivity index (χ2n) is 3.85. The lowest BCUT2D eigenvalue weighted by atomic mass is 9.56. The van der Waals surface area contributed by atoms with Crippen molar-refractivity contribution < 1.29 is 14.2 Å². The molecule has 0 saturated carbocycles. The lowest BCUT2D eigenvalue weighted by Crippen LogP contribution is -2.42. The van der Waals surface area contributed by atoms with Crippen LogP contribution in [0.5, 0.6) is 5.75 Å². The third kappa shape index (κ3) is 2.66. The van der Waals surface area contributed by atoms with Crippen LogP contribution in [0.1, 0.15) is 0 Å². The Morgan fingerprint density at radius 3 is 2.28 bits per heavy atom. The minimum atomic E-state index is -0.886. The molecule has 2 aromatic carbocycles. The molecule has 5 heteroatoms. The second kappa shape index (κ2) is 5.42. The first-order valence-corrected chi connectivity index (χ1v) is 5.76. The van der Waals surface area contributed by atoms with Crippen LogP contribution in [0.25, 0.3) is 0 Å². The minimum absolute atomic E-state index is 0.155. The van der Waals surface area contributed by atoms with Crippen LogP contribution in [0, 0.1) is 5.82 Å². The van der Waals surface area contributed by atoms with E-state index in [1.54, 1.807) is 30.3 Å². The second-order valence-corrected chi connectivity index (χ2v) is 4.28. The van der Waals surface area contributed by atoms with Crippen molar-refractivity contribution in [2.45, 2.75) is 0 Å². The van der Waals surface area contributed by atoms with Crippen molar-refractivity contribution in [1.29, 1.82) is 0 Å². The van der Waals surface area contributed by atoms with E-state index in [4.69, 9.17) is 16.3 Å². The minimum Gasteiger partial charge on any atom is -0.494 e. The zero-order chi connectivity index (χ0) is 13.1. The number of hydrogen-bond acceptors (Lipinski definition) is 2. The highest BCUT2D eigenvalue weighted by Gasteiger charge is 2.18. The van der Waals surface area contributed by atoms with Crippen molar-refractivity contribution in [2.24, 2.45) is 0 Å². The summed E-state index contributed by atoms with van der Waals surface area (Å²) in [6, 6.07) is 11.1. The first kappa shape index (κ1) is 12.9. The molecule has 0 saturated heterocycles. The van der Waals surface area contributed by atoms with E-state index in [2.05, 4.69) is 0 Å². The van der Waals surface area contributed by atoms with Crippen LogP contribution in [0.4, 0.5) is 4.39 Å². The van der Waals surface area contributed by atoms with Crippen LogP contribution in [0.2, 0.25) is 5.02 Å². The molecule has 1 N–H and O–H groups in total. The largest absolute Gasteiger partial charge is 0.494 e. The monoisotopic (exact) mass is 264 g/mol. The van der Waals surface area contributed by atoms with Gasteiger partial charge >= 0.3 is 6.92 Å². The third-order valence-corrected chi connectivity index (χ3v) is 2.93. The number of halogens is 2. The fraction of sp³-hybridized carbons (Fsp3) is 0.0769. The van der Waals surface area contributed by atoms with Gasteiger partial charge in [0.25, 0.3) is 0 Å². The summed E-state index contributed by atoms with van der Waals surface area (Å²) in [6.07, 6.45) is 0. The van der Waals surface area contributed by atoms with E-state index in [0.717, 1.165) is 0 Å². The fourth-order valence-corrected chi connectivity index (χ4v) is 1.82. The molecule has 0 aromatic heterocycles. The highest BCUT2D eigenvalue weighted by atomic mass is 35.5. The maximum atomic E-state index is 13.5. The predicted molar refractivity (Wildman–Crippen MR) is 71.6 cm³/mol. The van der Waals surface area contributed by atoms with Crippen molar-refractivity contribution >= 4 is 29.4 Å². The van der Waals surface area contributed by atoms with Crippen molar-refractivity contribution in [1.82, 2.24) is 0 Å². The van der Waals surface area contributed by atoms with E-state index < -0.39 is 12.7 Å². The van der Waals surface area contributed by atoms with Gasteiger partial charge in [-0.3, -0.25) is 0 Å². The average Bonchev–Trinajstić information content (AvgIpc) is 2.38. The molecule has 0 atom stereocenters. The van der Waals surface area contributed by atoms with E-state index >= 15 is 0 Å². The van der Waals surface area contributed by atoms with Crippen LogP contribution in [-0.2, 0) is 0 Å². The summed E-state index contributed by atoms with van der Waals surface area (Å²) >= 11 is 5.77.